The van der Waals surface area contributed by atoms with Crippen molar-refractivity contribution in [3.05, 3.63) is 33.2 Å². The summed E-state index contributed by atoms with van der Waals surface area (Å²) in [6.45, 7) is 0.693. The Morgan fingerprint density at radius 2 is 2.42 bits per heavy atom. The van der Waals surface area contributed by atoms with Gasteiger partial charge in [0, 0.05) is 13.0 Å². The molecule has 2 heterocycles. The number of terminal acetylenes is 1. The lowest BCUT2D eigenvalue weighted by atomic mass is 10.4. The average molecular weight is 324 g/mol. The lowest BCUT2D eigenvalue weighted by Crippen LogP contribution is -2.24. The Bertz CT molecular complexity index is 644. The zero-order valence-electron chi connectivity index (χ0n) is 9.84. The molecule has 0 aliphatic rings. The molecule has 0 aromatic carbocycles. The van der Waals surface area contributed by atoms with Crippen LogP contribution in [0.25, 0.3) is 0 Å². The topological polar surface area (TPSA) is 85.8 Å². The zero-order chi connectivity index (χ0) is 13.7. The van der Waals surface area contributed by atoms with E-state index in [0.717, 1.165) is 0 Å². The van der Waals surface area contributed by atoms with Crippen LogP contribution in [0.1, 0.15) is 5.82 Å². The predicted molar refractivity (Wildman–Crippen MR) is 71.5 cm³/mol. The second-order valence-electron chi connectivity index (χ2n) is 3.56. The summed E-state index contributed by atoms with van der Waals surface area (Å²) in [5.41, 5.74) is 0.323. The minimum atomic E-state index is -0.275. The summed E-state index contributed by atoms with van der Waals surface area (Å²) in [5, 5.41) is 10.7. The molecule has 0 saturated heterocycles. The maximum Gasteiger partial charge on any atom is 0.284 e. The Kier molecular flexibility index (Phi) is 4.30. The van der Waals surface area contributed by atoms with Crippen LogP contribution in [-0.4, -0.2) is 26.5 Å². The Labute approximate surface area is 117 Å². The third kappa shape index (κ3) is 3.20. The van der Waals surface area contributed by atoms with Gasteiger partial charge in [-0.25, -0.2) is 4.68 Å². The Hall–Kier alpha value is -2.14. The highest BCUT2D eigenvalue weighted by Gasteiger charge is 2.08. The van der Waals surface area contributed by atoms with Gasteiger partial charge in [0.15, 0.2) is 5.82 Å². The van der Waals surface area contributed by atoms with Crippen LogP contribution in [0.2, 0.25) is 0 Å². The molecule has 0 spiro atoms. The van der Waals surface area contributed by atoms with Gasteiger partial charge in [0.05, 0.1) is 11.9 Å². The zero-order valence-corrected chi connectivity index (χ0v) is 11.4. The van der Waals surface area contributed by atoms with Gasteiger partial charge in [-0.2, -0.15) is 10.1 Å². The minimum Gasteiger partial charge on any atom is -0.382 e. The third-order valence-corrected chi connectivity index (χ3v) is 3.06. The number of hydrogen-bond donors (Lipinski definition) is 1. The number of halogens is 1. The molecule has 0 aliphatic carbocycles. The van der Waals surface area contributed by atoms with Crippen LogP contribution in [0, 0.1) is 12.3 Å². The molecule has 7 nitrogen and oxygen atoms in total. The fourth-order valence-electron chi connectivity index (χ4n) is 1.40. The molecule has 0 atom stereocenters. The van der Waals surface area contributed by atoms with Gasteiger partial charge in [-0.15, -0.1) is 6.42 Å². The Morgan fingerprint density at radius 1 is 1.58 bits per heavy atom. The smallest absolute Gasteiger partial charge is 0.284 e. The first-order chi connectivity index (χ1) is 9.22. The first-order valence-corrected chi connectivity index (χ1v) is 6.20. The van der Waals surface area contributed by atoms with E-state index in [9.17, 15) is 4.79 Å². The van der Waals surface area contributed by atoms with Crippen LogP contribution in [-0.2, 0) is 13.0 Å². The molecule has 1 N–H and O–H groups in total. The maximum absolute atomic E-state index is 11.8. The summed E-state index contributed by atoms with van der Waals surface area (Å²) >= 11 is 3.23. The molecule has 0 fully saturated rings. The Morgan fingerprint density at radius 3 is 3.11 bits per heavy atom. The van der Waals surface area contributed by atoms with Crippen molar-refractivity contribution in [1.29, 1.82) is 0 Å². The second kappa shape index (κ2) is 6.15. The van der Waals surface area contributed by atoms with Crippen molar-refractivity contribution >= 4 is 21.6 Å². The fraction of sp³-hybridized carbons (Fsp3) is 0.273. The molecule has 0 amide bonds. The van der Waals surface area contributed by atoms with Crippen LogP contribution in [0.5, 0.6) is 0 Å². The summed E-state index contributed by atoms with van der Waals surface area (Å²) in [5.74, 6) is 2.96. The molecule has 2 aromatic rings. The molecule has 8 heteroatoms. The fourth-order valence-corrected chi connectivity index (χ4v) is 1.85. The van der Waals surface area contributed by atoms with Crippen molar-refractivity contribution in [2.45, 2.75) is 13.0 Å². The predicted octanol–water partition coefficient (Wildman–Crippen LogP) is 0.677. The molecule has 0 aliphatic heterocycles. The van der Waals surface area contributed by atoms with E-state index in [4.69, 9.17) is 6.42 Å². The summed E-state index contributed by atoms with van der Waals surface area (Å²) in [7, 11) is 0. The lowest BCUT2D eigenvalue weighted by Gasteiger charge is -2.08. The van der Waals surface area contributed by atoms with E-state index >= 15 is 0 Å². The number of rotatable bonds is 5. The largest absolute Gasteiger partial charge is 0.382 e. The van der Waals surface area contributed by atoms with Crippen molar-refractivity contribution in [3.8, 4) is 12.3 Å². The van der Waals surface area contributed by atoms with E-state index in [1.807, 2.05) is 0 Å². The highest BCUT2D eigenvalue weighted by Crippen LogP contribution is 2.15. The summed E-state index contributed by atoms with van der Waals surface area (Å²) in [6, 6.07) is 0. The molecule has 2 rings (SSSR count). The van der Waals surface area contributed by atoms with Crippen LogP contribution in [0.4, 0.5) is 5.69 Å². The summed E-state index contributed by atoms with van der Waals surface area (Å²) in [6.07, 6.45) is 8.54. The standard InChI is InChI=1S/C11H10BrN5O2/c1-2-5-17-11(18)10(12)8(6-15-17)13-4-3-9-14-7-19-16-9/h1,6-7,13H,3-5H2. The van der Waals surface area contributed by atoms with Crippen molar-refractivity contribution in [2.75, 3.05) is 11.9 Å². The van der Waals surface area contributed by atoms with E-state index in [2.05, 4.69) is 46.9 Å². The van der Waals surface area contributed by atoms with Crippen LogP contribution in [0.15, 0.2) is 26.4 Å². The first-order valence-electron chi connectivity index (χ1n) is 5.40. The lowest BCUT2D eigenvalue weighted by molar-refractivity contribution is 0.410. The van der Waals surface area contributed by atoms with E-state index in [1.54, 1.807) is 6.20 Å². The van der Waals surface area contributed by atoms with Gasteiger partial charge >= 0.3 is 0 Å². The Balaban J connectivity index is 2.03. The van der Waals surface area contributed by atoms with Crippen LogP contribution < -0.4 is 10.9 Å². The van der Waals surface area contributed by atoms with Gasteiger partial charge < -0.3 is 9.84 Å². The third-order valence-electron chi connectivity index (χ3n) is 2.30. The number of aromatic nitrogens is 4. The number of anilines is 1. The van der Waals surface area contributed by atoms with Crippen molar-refractivity contribution in [1.82, 2.24) is 19.9 Å². The molecular formula is C11H10BrN5O2. The van der Waals surface area contributed by atoms with Crippen LogP contribution >= 0.6 is 15.9 Å². The van der Waals surface area contributed by atoms with Gasteiger partial charge in [-0.05, 0) is 15.9 Å². The molecule has 2 aromatic heterocycles. The van der Waals surface area contributed by atoms with Crippen molar-refractivity contribution in [3.63, 3.8) is 0 Å². The second-order valence-corrected chi connectivity index (χ2v) is 4.36. The number of hydrogen-bond acceptors (Lipinski definition) is 6. The molecular weight excluding hydrogens is 314 g/mol. The van der Waals surface area contributed by atoms with Gasteiger partial charge in [-0.3, -0.25) is 4.79 Å². The highest BCUT2D eigenvalue weighted by atomic mass is 79.9. The van der Waals surface area contributed by atoms with Gasteiger partial charge in [-0.1, -0.05) is 11.1 Å². The van der Waals surface area contributed by atoms with E-state index < -0.39 is 0 Å². The van der Waals surface area contributed by atoms with Gasteiger partial charge in [0.2, 0.25) is 6.39 Å². The summed E-state index contributed by atoms with van der Waals surface area (Å²) in [4.78, 5) is 15.7. The normalized spacial score (nSPS) is 10.1. The molecule has 98 valence electrons. The molecule has 0 radical (unpaired) electrons. The number of nitrogens with zero attached hydrogens (tertiary/aromatic N) is 4. The van der Waals surface area contributed by atoms with E-state index in [1.165, 1.54) is 11.1 Å². The molecule has 0 saturated carbocycles. The van der Waals surface area contributed by atoms with Crippen molar-refractivity contribution in [2.24, 2.45) is 0 Å². The maximum atomic E-state index is 11.8. The van der Waals surface area contributed by atoms with Gasteiger partial charge in [0.25, 0.3) is 5.56 Å². The van der Waals surface area contributed by atoms with Gasteiger partial charge in [0.1, 0.15) is 11.0 Å². The van der Waals surface area contributed by atoms with Crippen molar-refractivity contribution < 1.29 is 4.52 Å². The van der Waals surface area contributed by atoms with E-state index in [0.29, 0.717) is 29.0 Å². The highest BCUT2D eigenvalue weighted by molar-refractivity contribution is 9.10. The molecule has 0 unspecified atom stereocenters. The minimum absolute atomic E-state index is 0.139. The van der Waals surface area contributed by atoms with E-state index in [-0.39, 0.29) is 12.1 Å². The summed E-state index contributed by atoms with van der Waals surface area (Å²) < 4.78 is 6.22. The quantitative estimate of drug-likeness (QED) is 0.814. The molecule has 0 bridgehead atoms. The number of nitrogens with one attached hydrogen (secondary N) is 1. The van der Waals surface area contributed by atoms with Crippen LogP contribution in [0.3, 0.4) is 0 Å². The SMILES string of the molecule is C#CCn1ncc(NCCc2ncon2)c(Br)c1=O. The molecule has 19 heavy (non-hydrogen) atoms. The first kappa shape index (κ1) is 13.3. The monoisotopic (exact) mass is 323 g/mol. The average Bonchev–Trinajstić information content (AvgIpc) is 2.91.